The maximum atomic E-state index is 5.62. The van der Waals surface area contributed by atoms with Crippen LogP contribution in [0.15, 0.2) is 6.20 Å². The zero-order chi connectivity index (χ0) is 9.10. The average Bonchev–Trinajstić information content (AvgIpc) is 2.53. The Morgan fingerprint density at radius 1 is 1.38 bits per heavy atom. The van der Waals surface area contributed by atoms with Crippen molar-refractivity contribution in [2.24, 2.45) is 0 Å². The fourth-order valence-electron chi connectivity index (χ4n) is 1.71. The van der Waals surface area contributed by atoms with E-state index in [1.807, 2.05) is 0 Å². The molecule has 2 rings (SSSR count). The molecule has 0 aromatic carbocycles. The smallest absolute Gasteiger partial charge is 0.109 e. The topological polar surface area (TPSA) is 42.1 Å². The Hall–Kier alpha value is -0.610. The summed E-state index contributed by atoms with van der Waals surface area (Å²) in [5, 5.41) is 1.98. The van der Waals surface area contributed by atoms with E-state index in [1.165, 1.54) is 32.4 Å². The second-order valence-corrected chi connectivity index (χ2v) is 4.64. The fourth-order valence-corrected chi connectivity index (χ4v) is 2.44. The number of hydrogen-bond acceptors (Lipinski definition) is 4. The Morgan fingerprint density at radius 3 is 2.77 bits per heavy atom. The van der Waals surface area contributed by atoms with E-state index in [1.54, 1.807) is 17.5 Å². The van der Waals surface area contributed by atoms with Gasteiger partial charge in [0.25, 0.3) is 0 Å². The molecule has 3 nitrogen and oxygen atoms in total. The lowest BCUT2D eigenvalue weighted by atomic mass is 10.1. The van der Waals surface area contributed by atoms with Crippen molar-refractivity contribution in [2.45, 2.75) is 25.8 Å². The van der Waals surface area contributed by atoms with Crippen molar-refractivity contribution in [3.05, 3.63) is 11.2 Å². The first-order chi connectivity index (χ1) is 6.34. The highest BCUT2D eigenvalue weighted by Crippen LogP contribution is 2.18. The molecule has 0 amide bonds. The minimum atomic E-state index is 0.826. The quantitative estimate of drug-likeness (QED) is 0.785. The summed E-state index contributed by atoms with van der Waals surface area (Å²) < 4.78 is 0. The third-order valence-corrected chi connectivity index (χ3v) is 3.19. The summed E-state index contributed by atoms with van der Waals surface area (Å²) in [6.07, 6.45) is 5.81. The van der Waals surface area contributed by atoms with E-state index in [-0.39, 0.29) is 0 Å². The minimum Gasteiger partial charge on any atom is -0.389 e. The summed E-state index contributed by atoms with van der Waals surface area (Å²) in [4.78, 5) is 6.72. The molecule has 2 heterocycles. The van der Waals surface area contributed by atoms with Crippen molar-refractivity contribution in [3.63, 3.8) is 0 Å². The van der Waals surface area contributed by atoms with E-state index in [2.05, 4.69) is 9.88 Å². The first-order valence-electron chi connectivity index (χ1n) is 4.77. The van der Waals surface area contributed by atoms with Gasteiger partial charge in [0, 0.05) is 0 Å². The van der Waals surface area contributed by atoms with Gasteiger partial charge in [-0.3, -0.25) is 4.90 Å². The Kier molecular flexibility index (Phi) is 2.80. The first kappa shape index (κ1) is 8.97. The predicted molar refractivity (Wildman–Crippen MR) is 55.7 cm³/mol. The molecule has 0 spiro atoms. The highest BCUT2D eigenvalue weighted by atomic mass is 32.1. The summed E-state index contributed by atoms with van der Waals surface area (Å²) in [6.45, 7) is 3.43. The lowest BCUT2D eigenvalue weighted by molar-refractivity contribution is 0.220. The second-order valence-electron chi connectivity index (χ2n) is 3.49. The van der Waals surface area contributed by atoms with Gasteiger partial charge in [0.1, 0.15) is 10.0 Å². The second kappa shape index (κ2) is 4.07. The number of thiazole rings is 1. The molecular weight excluding hydrogens is 182 g/mol. The number of likely N-dealkylation sites (tertiary alicyclic amines) is 1. The highest BCUT2D eigenvalue weighted by molar-refractivity contribution is 7.15. The average molecular weight is 197 g/mol. The van der Waals surface area contributed by atoms with Crippen LogP contribution in [0.5, 0.6) is 0 Å². The van der Waals surface area contributed by atoms with Crippen LogP contribution in [0, 0.1) is 0 Å². The standard InChI is InChI=1S/C9H15N3S/c10-8-6-11-9(13-8)7-12-4-2-1-3-5-12/h6H,1-5,7,10H2. The van der Waals surface area contributed by atoms with Crippen molar-refractivity contribution in [2.75, 3.05) is 18.8 Å². The number of nitrogen functional groups attached to an aromatic ring is 1. The van der Waals surface area contributed by atoms with Crippen LogP contribution in [-0.4, -0.2) is 23.0 Å². The number of nitrogens with zero attached hydrogens (tertiary/aromatic N) is 2. The number of anilines is 1. The molecule has 0 aliphatic carbocycles. The molecule has 2 N–H and O–H groups in total. The summed E-state index contributed by atoms with van der Waals surface area (Å²) in [7, 11) is 0. The third-order valence-electron chi connectivity index (χ3n) is 2.38. The molecule has 4 heteroatoms. The number of rotatable bonds is 2. The van der Waals surface area contributed by atoms with Crippen LogP contribution in [0.3, 0.4) is 0 Å². The molecule has 1 saturated heterocycles. The molecule has 72 valence electrons. The zero-order valence-corrected chi connectivity index (χ0v) is 8.52. The van der Waals surface area contributed by atoms with Crippen LogP contribution in [0.4, 0.5) is 5.00 Å². The molecule has 13 heavy (non-hydrogen) atoms. The van der Waals surface area contributed by atoms with Gasteiger partial charge < -0.3 is 5.73 Å². The van der Waals surface area contributed by atoms with Crippen LogP contribution in [0.1, 0.15) is 24.3 Å². The van der Waals surface area contributed by atoms with Gasteiger partial charge in [-0.1, -0.05) is 6.42 Å². The van der Waals surface area contributed by atoms with Crippen LogP contribution >= 0.6 is 11.3 Å². The van der Waals surface area contributed by atoms with E-state index >= 15 is 0 Å². The molecule has 0 bridgehead atoms. The Balaban J connectivity index is 1.89. The number of hydrogen-bond donors (Lipinski definition) is 1. The lowest BCUT2D eigenvalue weighted by Gasteiger charge is -2.25. The molecule has 1 aromatic heterocycles. The third kappa shape index (κ3) is 2.42. The first-order valence-corrected chi connectivity index (χ1v) is 5.59. The van der Waals surface area contributed by atoms with E-state index < -0.39 is 0 Å². The van der Waals surface area contributed by atoms with Gasteiger partial charge in [-0.05, 0) is 25.9 Å². The summed E-state index contributed by atoms with van der Waals surface area (Å²) in [6, 6.07) is 0. The van der Waals surface area contributed by atoms with Gasteiger partial charge in [0.05, 0.1) is 12.7 Å². The molecule has 1 aliphatic rings. The van der Waals surface area contributed by atoms with Crippen molar-refractivity contribution in [3.8, 4) is 0 Å². The Labute approximate surface area is 82.6 Å². The molecule has 0 saturated carbocycles. The molecular formula is C9H15N3S. The van der Waals surface area contributed by atoms with Gasteiger partial charge in [0.15, 0.2) is 0 Å². The molecule has 0 radical (unpaired) electrons. The Morgan fingerprint density at radius 2 is 2.15 bits per heavy atom. The van der Waals surface area contributed by atoms with Crippen molar-refractivity contribution < 1.29 is 0 Å². The van der Waals surface area contributed by atoms with Crippen molar-refractivity contribution in [1.29, 1.82) is 0 Å². The van der Waals surface area contributed by atoms with Crippen molar-refractivity contribution in [1.82, 2.24) is 9.88 Å². The number of nitrogens with two attached hydrogens (primary N) is 1. The van der Waals surface area contributed by atoms with Crippen LogP contribution in [-0.2, 0) is 6.54 Å². The number of aromatic nitrogens is 1. The lowest BCUT2D eigenvalue weighted by Crippen LogP contribution is -2.28. The number of piperidine rings is 1. The van der Waals surface area contributed by atoms with Gasteiger partial charge in [-0.2, -0.15) is 0 Å². The molecule has 0 atom stereocenters. The fraction of sp³-hybridized carbons (Fsp3) is 0.667. The van der Waals surface area contributed by atoms with E-state index in [9.17, 15) is 0 Å². The normalized spacial score (nSPS) is 19.1. The monoisotopic (exact) mass is 197 g/mol. The molecule has 1 aliphatic heterocycles. The highest BCUT2D eigenvalue weighted by Gasteiger charge is 2.11. The van der Waals surface area contributed by atoms with Gasteiger partial charge in [0.2, 0.25) is 0 Å². The maximum Gasteiger partial charge on any atom is 0.109 e. The molecule has 1 fully saturated rings. The van der Waals surface area contributed by atoms with E-state index in [4.69, 9.17) is 5.73 Å². The molecule has 1 aromatic rings. The SMILES string of the molecule is Nc1cnc(CN2CCCCC2)s1. The largest absolute Gasteiger partial charge is 0.389 e. The summed E-state index contributed by atoms with van der Waals surface area (Å²) in [5.74, 6) is 0. The summed E-state index contributed by atoms with van der Waals surface area (Å²) in [5.41, 5.74) is 5.62. The maximum absolute atomic E-state index is 5.62. The zero-order valence-electron chi connectivity index (χ0n) is 7.70. The van der Waals surface area contributed by atoms with Crippen LogP contribution in [0.2, 0.25) is 0 Å². The minimum absolute atomic E-state index is 0.826. The van der Waals surface area contributed by atoms with Crippen LogP contribution in [0.25, 0.3) is 0 Å². The predicted octanol–water partition coefficient (Wildman–Crippen LogP) is 1.71. The van der Waals surface area contributed by atoms with E-state index in [0.29, 0.717) is 0 Å². The Bertz CT molecular complexity index is 266. The van der Waals surface area contributed by atoms with Crippen molar-refractivity contribution >= 4 is 16.3 Å². The van der Waals surface area contributed by atoms with Gasteiger partial charge in [-0.15, -0.1) is 11.3 Å². The van der Waals surface area contributed by atoms with Gasteiger partial charge in [-0.25, -0.2) is 4.98 Å². The van der Waals surface area contributed by atoms with Gasteiger partial charge >= 0.3 is 0 Å². The summed E-state index contributed by atoms with van der Waals surface area (Å²) >= 11 is 1.61. The van der Waals surface area contributed by atoms with Crippen LogP contribution < -0.4 is 5.73 Å². The van der Waals surface area contributed by atoms with E-state index in [0.717, 1.165) is 16.6 Å². The molecule has 0 unspecified atom stereocenters.